The van der Waals surface area contributed by atoms with Crippen LogP contribution in [0, 0.1) is 13.8 Å². The zero-order chi connectivity index (χ0) is 21.1. The van der Waals surface area contributed by atoms with Crippen LogP contribution in [-0.2, 0) is 11.3 Å². The van der Waals surface area contributed by atoms with Gasteiger partial charge in [0.05, 0.1) is 11.4 Å². The monoisotopic (exact) mass is 404 g/mol. The minimum atomic E-state index is -3.05. The number of aryl methyl sites for hydroxylation is 2. The third-order valence-electron chi connectivity index (χ3n) is 3.99. The second-order valence-corrected chi connectivity index (χ2v) is 6.20. The van der Waals surface area contributed by atoms with E-state index in [2.05, 4.69) is 15.2 Å². The molecule has 2 aromatic heterocycles. The van der Waals surface area contributed by atoms with Crippen LogP contribution in [0.1, 0.15) is 11.5 Å². The van der Waals surface area contributed by atoms with Gasteiger partial charge in [-0.05, 0) is 38.1 Å². The molecule has 8 nitrogen and oxygen atoms in total. The number of amides is 1. The maximum absolute atomic E-state index is 12.5. The Hall–Kier alpha value is -3.69. The van der Waals surface area contributed by atoms with E-state index >= 15 is 0 Å². The molecule has 0 saturated heterocycles. The van der Waals surface area contributed by atoms with Gasteiger partial charge in [0.25, 0.3) is 5.56 Å². The molecule has 3 aromatic rings. The van der Waals surface area contributed by atoms with Gasteiger partial charge in [0.2, 0.25) is 5.91 Å². The zero-order valence-electron chi connectivity index (χ0n) is 15.6. The molecule has 3 N–H and O–H groups in total. The average molecular weight is 404 g/mol. The molecule has 0 aliphatic heterocycles. The van der Waals surface area contributed by atoms with Crippen LogP contribution >= 0.6 is 0 Å². The van der Waals surface area contributed by atoms with E-state index in [9.17, 15) is 18.4 Å². The number of nitrogen functional groups attached to an aromatic ring is 1. The van der Waals surface area contributed by atoms with Crippen molar-refractivity contribution in [2.75, 3.05) is 11.1 Å². The Balaban J connectivity index is 1.86. The smallest absolute Gasteiger partial charge is 0.387 e. The number of nitrogens with two attached hydrogens (primary N) is 1. The number of nitrogens with one attached hydrogen (secondary N) is 1. The summed E-state index contributed by atoms with van der Waals surface area (Å²) in [5.74, 6) is 0.376. The molecular weight excluding hydrogens is 386 g/mol. The Morgan fingerprint density at radius 3 is 2.69 bits per heavy atom. The number of carbonyl (C=O) groups excluding carboxylic acids is 1. The molecule has 0 atom stereocenters. The largest absolute Gasteiger partial charge is 0.466 e. The van der Waals surface area contributed by atoms with Crippen molar-refractivity contribution in [2.45, 2.75) is 27.0 Å². The summed E-state index contributed by atoms with van der Waals surface area (Å²) in [6.45, 7) is -0.0178. The summed E-state index contributed by atoms with van der Waals surface area (Å²) in [6, 6.07) is 8.85. The highest BCUT2D eigenvalue weighted by molar-refractivity contribution is 5.92. The number of furan rings is 1. The molecule has 152 valence electrons. The van der Waals surface area contributed by atoms with Crippen LogP contribution in [0.15, 0.2) is 45.6 Å². The van der Waals surface area contributed by atoms with Gasteiger partial charge >= 0.3 is 6.61 Å². The fourth-order valence-corrected chi connectivity index (χ4v) is 2.78. The normalized spacial score (nSPS) is 10.9. The van der Waals surface area contributed by atoms with Gasteiger partial charge in [0, 0.05) is 5.56 Å². The number of benzene rings is 1. The van der Waals surface area contributed by atoms with Crippen molar-refractivity contribution < 1.29 is 22.7 Å². The number of hydrogen-bond acceptors (Lipinski definition) is 6. The number of carbonyl (C=O) groups is 1. The molecule has 1 amide bonds. The molecule has 0 saturated carbocycles. The van der Waals surface area contributed by atoms with Crippen molar-refractivity contribution in [3.8, 4) is 17.0 Å². The molecule has 3 rings (SSSR count). The second-order valence-electron chi connectivity index (χ2n) is 6.20. The lowest BCUT2D eigenvalue weighted by molar-refractivity contribution is -0.117. The van der Waals surface area contributed by atoms with Crippen LogP contribution < -0.4 is 21.3 Å². The van der Waals surface area contributed by atoms with Gasteiger partial charge in [-0.1, -0.05) is 12.1 Å². The molecule has 0 unspecified atom stereocenters. The van der Waals surface area contributed by atoms with Gasteiger partial charge in [-0.3, -0.25) is 9.59 Å². The third kappa shape index (κ3) is 4.60. The Labute approximate surface area is 163 Å². The molecule has 10 heteroatoms. The van der Waals surface area contributed by atoms with Gasteiger partial charge in [-0.25, -0.2) is 4.68 Å². The van der Waals surface area contributed by atoms with Crippen molar-refractivity contribution in [2.24, 2.45) is 0 Å². The van der Waals surface area contributed by atoms with Crippen LogP contribution in [0.5, 0.6) is 5.75 Å². The van der Waals surface area contributed by atoms with E-state index in [0.29, 0.717) is 22.8 Å². The molecule has 0 radical (unpaired) electrons. The molecule has 0 spiro atoms. The lowest BCUT2D eigenvalue weighted by atomic mass is 10.1. The van der Waals surface area contributed by atoms with Crippen molar-refractivity contribution in [3.63, 3.8) is 0 Å². The predicted octanol–water partition coefficient (Wildman–Crippen LogP) is 2.94. The highest BCUT2D eigenvalue weighted by atomic mass is 19.3. The lowest BCUT2D eigenvalue weighted by Crippen LogP contribution is -2.31. The number of rotatable bonds is 6. The first-order valence-electron chi connectivity index (χ1n) is 8.53. The standard InChI is InChI=1S/C19H18F2N4O4/c1-10-7-12(11(2)28-10)15-8-13(22)18(27)25(24-15)9-17(26)23-14-5-3-4-6-16(14)29-19(20)21/h3-8,19H,9,22H2,1-2H3,(H,23,26). The summed E-state index contributed by atoms with van der Waals surface area (Å²) in [6.07, 6.45) is 0. The minimum Gasteiger partial charge on any atom is -0.466 e. The first-order chi connectivity index (χ1) is 13.7. The Morgan fingerprint density at radius 2 is 2.03 bits per heavy atom. The first-order valence-corrected chi connectivity index (χ1v) is 8.53. The van der Waals surface area contributed by atoms with Crippen LogP contribution in [-0.4, -0.2) is 22.3 Å². The maximum atomic E-state index is 12.5. The SMILES string of the molecule is Cc1cc(-c2cc(N)c(=O)n(CC(=O)Nc3ccccc3OC(F)F)n2)c(C)o1. The summed E-state index contributed by atoms with van der Waals surface area (Å²) in [7, 11) is 0. The van der Waals surface area contributed by atoms with Gasteiger partial charge in [0.1, 0.15) is 29.5 Å². The third-order valence-corrected chi connectivity index (χ3v) is 3.99. The Kier molecular flexibility index (Phi) is 5.62. The summed E-state index contributed by atoms with van der Waals surface area (Å²) in [5.41, 5.74) is 6.08. The summed E-state index contributed by atoms with van der Waals surface area (Å²) >= 11 is 0. The van der Waals surface area contributed by atoms with E-state index < -0.39 is 24.6 Å². The zero-order valence-corrected chi connectivity index (χ0v) is 15.6. The van der Waals surface area contributed by atoms with Crippen LogP contribution in [0.4, 0.5) is 20.2 Å². The van der Waals surface area contributed by atoms with Crippen molar-refractivity contribution in [1.29, 1.82) is 0 Å². The number of aromatic nitrogens is 2. The fourth-order valence-electron chi connectivity index (χ4n) is 2.78. The van der Waals surface area contributed by atoms with E-state index in [1.807, 2.05) is 0 Å². The molecule has 0 aliphatic carbocycles. The quantitative estimate of drug-likeness (QED) is 0.653. The minimum absolute atomic E-state index is 0.0382. The maximum Gasteiger partial charge on any atom is 0.387 e. The topological polar surface area (TPSA) is 112 Å². The van der Waals surface area contributed by atoms with Crippen LogP contribution in [0.25, 0.3) is 11.3 Å². The van der Waals surface area contributed by atoms with Gasteiger partial charge < -0.3 is 20.2 Å². The first kappa shape index (κ1) is 20.1. The van der Waals surface area contributed by atoms with Gasteiger partial charge in [-0.2, -0.15) is 13.9 Å². The van der Waals surface area contributed by atoms with Crippen LogP contribution in [0.3, 0.4) is 0 Å². The molecule has 2 heterocycles. The summed E-state index contributed by atoms with van der Waals surface area (Å²) in [4.78, 5) is 24.7. The molecular formula is C19H18F2N4O4. The van der Waals surface area contributed by atoms with Gasteiger partial charge in [-0.15, -0.1) is 0 Å². The average Bonchev–Trinajstić information content (AvgIpc) is 2.98. The molecule has 0 aliphatic rings. The molecule has 29 heavy (non-hydrogen) atoms. The number of halogens is 2. The molecule has 1 aromatic carbocycles. The molecule has 0 bridgehead atoms. The Bertz CT molecular complexity index is 1110. The van der Waals surface area contributed by atoms with Gasteiger partial charge in [0.15, 0.2) is 0 Å². The van der Waals surface area contributed by atoms with Crippen molar-refractivity contribution >= 4 is 17.3 Å². The number of para-hydroxylation sites is 2. The highest BCUT2D eigenvalue weighted by Crippen LogP contribution is 2.26. The van der Waals surface area contributed by atoms with Crippen molar-refractivity contribution in [3.05, 3.63) is 58.3 Å². The number of alkyl halides is 2. The molecule has 0 fully saturated rings. The van der Waals surface area contributed by atoms with E-state index in [-0.39, 0.29) is 17.1 Å². The second kappa shape index (κ2) is 8.13. The highest BCUT2D eigenvalue weighted by Gasteiger charge is 2.16. The van der Waals surface area contributed by atoms with E-state index in [0.717, 1.165) is 4.68 Å². The number of hydrogen-bond donors (Lipinski definition) is 2. The number of anilines is 2. The summed E-state index contributed by atoms with van der Waals surface area (Å²) in [5, 5.41) is 6.61. The van der Waals surface area contributed by atoms with Crippen molar-refractivity contribution in [1.82, 2.24) is 9.78 Å². The predicted molar refractivity (Wildman–Crippen MR) is 102 cm³/mol. The number of ether oxygens (including phenoxy) is 1. The lowest BCUT2D eigenvalue weighted by Gasteiger charge is -2.12. The Morgan fingerprint density at radius 1 is 1.31 bits per heavy atom. The van der Waals surface area contributed by atoms with E-state index in [1.54, 1.807) is 26.0 Å². The summed E-state index contributed by atoms with van der Waals surface area (Å²) < 4.78 is 35.8. The fraction of sp³-hybridized carbons (Fsp3) is 0.211. The van der Waals surface area contributed by atoms with E-state index in [1.165, 1.54) is 24.3 Å². The van der Waals surface area contributed by atoms with Crippen LogP contribution in [0.2, 0.25) is 0 Å². The number of nitrogens with zero attached hydrogens (tertiary/aromatic N) is 2. The van der Waals surface area contributed by atoms with E-state index in [4.69, 9.17) is 10.2 Å².